The molecular formula is C22H21ClN2O3. The van der Waals surface area contributed by atoms with E-state index >= 15 is 0 Å². The predicted octanol–water partition coefficient (Wildman–Crippen LogP) is 4.83. The van der Waals surface area contributed by atoms with Gasteiger partial charge in [0, 0.05) is 22.6 Å². The Morgan fingerprint density at radius 3 is 2.46 bits per heavy atom. The van der Waals surface area contributed by atoms with Gasteiger partial charge in [-0.05, 0) is 50.2 Å². The van der Waals surface area contributed by atoms with Crippen molar-refractivity contribution in [1.29, 1.82) is 0 Å². The Hall–Kier alpha value is -3.05. The number of hydrogen-bond donors (Lipinski definition) is 1. The van der Waals surface area contributed by atoms with Crippen molar-refractivity contribution in [2.75, 3.05) is 19.0 Å². The molecule has 3 aromatic rings. The zero-order valence-corrected chi connectivity index (χ0v) is 16.7. The van der Waals surface area contributed by atoms with Gasteiger partial charge in [0.05, 0.1) is 29.9 Å². The first-order valence-corrected chi connectivity index (χ1v) is 9.19. The van der Waals surface area contributed by atoms with E-state index in [0.717, 1.165) is 17.1 Å². The van der Waals surface area contributed by atoms with E-state index in [-0.39, 0.29) is 12.3 Å². The summed E-state index contributed by atoms with van der Waals surface area (Å²) in [7, 11) is 1.32. The summed E-state index contributed by atoms with van der Waals surface area (Å²) in [5, 5.41) is 3.45. The van der Waals surface area contributed by atoms with Crippen molar-refractivity contribution in [3.63, 3.8) is 0 Å². The van der Waals surface area contributed by atoms with Gasteiger partial charge in [-0.2, -0.15) is 0 Å². The van der Waals surface area contributed by atoms with Gasteiger partial charge in [-0.3, -0.25) is 4.79 Å². The normalized spacial score (nSPS) is 10.6. The number of methoxy groups -OCH3 is 1. The van der Waals surface area contributed by atoms with Crippen molar-refractivity contribution in [3.8, 4) is 5.69 Å². The van der Waals surface area contributed by atoms with Crippen LogP contribution in [-0.4, -0.2) is 30.0 Å². The number of hydrogen-bond acceptors (Lipinski definition) is 4. The third-order valence-electron chi connectivity index (χ3n) is 4.57. The molecule has 144 valence electrons. The van der Waals surface area contributed by atoms with Gasteiger partial charge in [-0.1, -0.05) is 29.8 Å². The number of nitrogens with zero attached hydrogens (tertiary/aromatic N) is 1. The van der Waals surface area contributed by atoms with Crippen LogP contribution in [0.1, 0.15) is 32.1 Å². The zero-order chi connectivity index (χ0) is 20.3. The monoisotopic (exact) mass is 396 g/mol. The van der Waals surface area contributed by atoms with E-state index in [2.05, 4.69) is 9.88 Å². The number of para-hydroxylation sites is 1. The Morgan fingerprint density at radius 1 is 1.07 bits per heavy atom. The maximum absolute atomic E-state index is 12.8. The molecule has 0 saturated carbocycles. The number of benzene rings is 2. The van der Waals surface area contributed by atoms with Crippen LogP contribution < -0.4 is 5.32 Å². The van der Waals surface area contributed by atoms with E-state index in [4.69, 9.17) is 16.3 Å². The number of rotatable bonds is 6. The highest BCUT2D eigenvalue weighted by atomic mass is 35.5. The number of halogens is 1. The third-order valence-corrected chi connectivity index (χ3v) is 4.90. The summed E-state index contributed by atoms with van der Waals surface area (Å²) in [6, 6.07) is 16.5. The fourth-order valence-electron chi connectivity index (χ4n) is 3.20. The molecular weight excluding hydrogens is 376 g/mol. The van der Waals surface area contributed by atoms with Crippen molar-refractivity contribution >= 4 is 29.0 Å². The van der Waals surface area contributed by atoms with Crippen LogP contribution in [0.15, 0.2) is 54.6 Å². The minimum Gasteiger partial charge on any atom is -0.465 e. The van der Waals surface area contributed by atoms with E-state index in [1.165, 1.54) is 7.11 Å². The van der Waals surface area contributed by atoms with Gasteiger partial charge in [0.2, 0.25) is 0 Å². The van der Waals surface area contributed by atoms with Gasteiger partial charge in [-0.15, -0.1) is 0 Å². The summed E-state index contributed by atoms with van der Waals surface area (Å²) in [6.45, 7) is 3.96. The molecule has 1 aromatic heterocycles. The van der Waals surface area contributed by atoms with E-state index in [9.17, 15) is 9.59 Å². The molecule has 0 spiro atoms. The first kappa shape index (κ1) is 19.7. The summed E-state index contributed by atoms with van der Waals surface area (Å²) in [6.07, 6.45) is 0. The summed E-state index contributed by atoms with van der Waals surface area (Å²) >= 11 is 6.18. The van der Waals surface area contributed by atoms with Crippen LogP contribution in [0, 0.1) is 13.8 Å². The van der Waals surface area contributed by atoms with Gasteiger partial charge in [0.15, 0.2) is 5.78 Å². The van der Waals surface area contributed by atoms with Crippen molar-refractivity contribution < 1.29 is 14.3 Å². The molecule has 28 heavy (non-hydrogen) atoms. The van der Waals surface area contributed by atoms with Crippen LogP contribution in [0.4, 0.5) is 5.69 Å². The van der Waals surface area contributed by atoms with Gasteiger partial charge in [0.1, 0.15) is 0 Å². The Bertz CT molecular complexity index is 1030. The van der Waals surface area contributed by atoms with Gasteiger partial charge in [0.25, 0.3) is 0 Å². The van der Waals surface area contributed by atoms with E-state index in [1.54, 1.807) is 18.2 Å². The molecule has 0 radical (unpaired) electrons. The Balaban J connectivity index is 1.81. The molecule has 0 aliphatic rings. The topological polar surface area (TPSA) is 60.3 Å². The molecule has 5 nitrogen and oxygen atoms in total. The molecule has 0 bridgehead atoms. The van der Waals surface area contributed by atoms with Crippen LogP contribution in [-0.2, 0) is 4.74 Å². The van der Waals surface area contributed by atoms with Crippen molar-refractivity contribution in [1.82, 2.24) is 4.57 Å². The van der Waals surface area contributed by atoms with Gasteiger partial charge in [-0.25, -0.2) is 4.79 Å². The standard InChI is InChI=1S/C22H21ClN2O3/c1-14-11-18(15(2)25(14)17-7-5-4-6-8-17)21(26)13-24-20-12-16(22(27)28-3)9-10-19(20)23/h4-12,24H,13H2,1-3H3. The SMILES string of the molecule is COC(=O)c1ccc(Cl)c(NCC(=O)c2cc(C)n(-c3ccccc3)c2C)c1. The first-order chi connectivity index (χ1) is 13.4. The Labute approximate surface area is 168 Å². The third kappa shape index (κ3) is 3.94. The number of aryl methyl sites for hydroxylation is 1. The lowest BCUT2D eigenvalue weighted by atomic mass is 10.1. The molecule has 6 heteroatoms. The van der Waals surface area contributed by atoms with Crippen molar-refractivity contribution in [2.45, 2.75) is 13.8 Å². The van der Waals surface area contributed by atoms with Crippen LogP contribution >= 0.6 is 11.6 Å². The first-order valence-electron chi connectivity index (χ1n) is 8.81. The number of carbonyl (C=O) groups is 2. The number of esters is 1. The maximum Gasteiger partial charge on any atom is 0.337 e. The fourth-order valence-corrected chi connectivity index (χ4v) is 3.38. The summed E-state index contributed by atoms with van der Waals surface area (Å²) < 4.78 is 6.77. The van der Waals surface area contributed by atoms with E-state index in [1.807, 2.05) is 50.2 Å². The molecule has 0 aliphatic carbocycles. The lowest BCUT2D eigenvalue weighted by Crippen LogP contribution is -2.15. The smallest absolute Gasteiger partial charge is 0.337 e. The largest absolute Gasteiger partial charge is 0.465 e. The number of ketones is 1. The quantitative estimate of drug-likeness (QED) is 0.479. The maximum atomic E-state index is 12.8. The second-order valence-electron chi connectivity index (χ2n) is 6.42. The molecule has 1 heterocycles. The summed E-state index contributed by atoms with van der Waals surface area (Å²) in [5.74, 6) is -0.521. The van der Waals surface area contributed by atoms with Crippen LogP contribution in [0.2, 0.25) is 5.02 Å². The van der Waals surface area contributed by atoms with Crippen molar-refractivity contribution in [3.05, 3.63) is 82.1 Å². The lowest BCUT2D eigenvalue weighted by Gasteiger charge is -2.11. The zero-order valence-electron chi connectivity index (χ0n) is 16.0. The van der Waals surface area contributed by atoms with Gasteiger partial charge >= 0.3 is 5.97 Å². The number of Topliss-reactive ketones (excluding diaryl/α,β-unsaturated/α-hetero) is 1. The summed E-state index contributed by atoms with van der Waals surface area (Å²) in [5.41, 5.74) is 4.40. The molecule has 1 N–H and O–H groups in total. The van der Waals surface area contributed by atoms with Gasteiger partial charge < -0.3 is 14.6 Å². The average Bonchev–Trinajstić information content (AvgIpc) is 3.01. The van der Waals surface area contributed by atoms with Crippen molar-refractivity contribution in [2.24, 2.45) is 0 Å². The average molecular weight is 397 g/mol. The number of nitrogens with one attached hydrogen (secondary N) is 1. The Kier molecular flexibility index (Phi) is 5.85. The van der Waals surface area contributed by atoms with Crippen LogP contribution in [0.3, 0.4) is 0 Å². The molecule has 0 unspecified atom stereocenters. The van der Waals surface area contributed by atoms with Crippen LogP contribution in [0.5, 0.6) is 0 Å². The highest BCUT2D eigenvalue weighted by Crippen LogP contribution is 2.25. The summed E-state index contributed by atoms with van der Waals surface area (Å²) in [4.78, 5) is 24.5. The Morgan fingerprint density at radius 2 is 1.79 bits per heavy atom. The fraction of sp³-hybridized carbons (Fsp3) is 0.182. The lowest BCUT2D eigenvalue weighted by molar-refractivity contribution is 0.0600. The molecule has 0 atom stereocenters. The van der Waals surface area contributed by atoms with E-state index in [0.29, 0.717) is 21.8 Å². The number of ether oxygens (including phenoxy) is 1. The minimum atomic E-state index is -0.461. The number of anilines is 1. The molecule has 0 aliphatic heterocycles. The number of aromatic nitrogens is 1. The molecule has 0 amide bonds. The molecule has 3 rings (SSSR count). The second kappa shape index (κ2) is 8.31. The molecule has 0 fully saturated rings. The molecule has 0 saturated heterocycles. The van der Waals surface area contributed by atoms with Crippen LogP contribution in [0.25, 0.3) is 5.69 Å². The number of carbonyl (C=O) groups excluding carboxylic acids is 2. The highest BCUT2D eigenvalue weighted by molar-refractivity contribution is 6.33. The predicted molar refractivity (Wildman–Crippen MR) is 111 cm³/mol. The minimum absolute atomic E-state index is 0.0590. The molecule has 2 aromatic carbocycles. The van der Waals surface area contributed by atoms with E-state index < -0.39 is 5.97 Å². The highest BCUT2D eigenvalue weighted by Gasteiger charge is 2.17. The second-order valence-corrected chi connectivity index (χ2v) is 6.83.